The van der Waals surface area contributed by atoms with Crippen molar-refractivity contribution in [1.82, 2.24) is 0 Å². The van der Waals surface area contributed by atoms with E-state index in [0.717, 1.165) is 11.8 Å². The number of rotatable bonds is 2. The fourth-order valence-electron chi connectivity index (χ4n) is 2.54. The van der Waals surface area contributed by atoms with Gasteiger partial charge in [0, 0.05) is 0 Å². The molecule has 0 nitrogen and oxygen atoms in total. The van der Waals surface area contributed by atoms with E-state index >= 15 is 0 Å². The lowest BCUT2D eigenvalue weighted by molar-refractivity contribution is 0.524. The molecule has 0 bridgehead atoms. The maximum absolute atomic E-state index is 3.86. The first-order valence-electron chi connectivity index (χ1n) is 4.79. The van der Waals surface area contributed by atoms with Crippen molar-refractivity contribution in [2.45, 2.75) is 19.3 Å². The summed E-state index contributed by atoms with van der Waals surface area (Å²) in [6.45, 7) is 7.71. The molecule has 0 radical (unpaired) electrons. The molecule has 0 aromatic carbocycles. The molecule has 3 atom stereocenters. The highest BCUT2D eigenvalue weighted by Gasteiger charge is 2.32. The molecular weight excluding hydrogens is 144 g/mol. The zero-order chi connectivity index (χ0) is 8.55. The summed E-state index contributed by atoms with van der Waals surface area (Å²) >= 11 is 0. The maximum Gasteiger partial charge on any atom is -0.00477 e. The van der Waals surface area contributed by atoms with E-state index in [4.69, 9.17) is 0 Å². The van der Waals surface area contributed by atoms with Crippen molar-refractivity contribution in [3.63, 3.8) is 0 Å². The van der Waals surface area contributed by atoms with Crippen LogP contribution in [0, 0.1) is 17.8 Å². The third-order valence-corrected chi connectivity index (χ3v) is 3.23. The van der Waals surface area contributed by atoms with Crippen molar-refractivity contribution in [3.05, 3.63) is 37.0 Å². The second kappa shape index (κ2) is 2.93. The Morgan fingerprint density at radius 2 is 2.08 bits per heavy atom. The summed E-state index contributed by atoms with van der Waals surface area (Å²) in [5.74, 6) is 2.28. The van der Waals surface area contributed by atoms with Crippen LogP contribution in [0.1, 0.15) is 19.3 Å². The van der Waals surface area contributed by atoms with Crippen molar-refractivity contribution < 1.29 is 0 Å². The van der Waals surface area contributed by atoms with Gasteiger partial charge in [-0.1, -0.05) is 23.8 Å². The highest BCUT2D eigenvalue weighted by atomic mass is 14.4. The lowest BCUT2D eigenvalue weighted by atomic mass is 9.98. The standard InChI is InChI=1S/C12H16/c1-3-9-5-11-7-10(4-2)8-12(11)6-9/h3-5,9-10,12H,1-2,6-8H2. The SMILES string of the molecule is C=CC1C=C2CC(C=C)CC2C1. The summed E-state index contributed by atoms with van der Waals surface area (Å²) in [4.78, 5) is 0. The van der Waals surface area contributed by atoms with E-state index in [1.165, 1.54) is 19.3 Å². The molecule has 0 amide bonds. The average Bonchev–Trinajstić information content (AvgIpc) is 2.59. The monoisotopic (exact) mass is 160 g/mol. The van der Waals surface area contributed by atoms with Crippen molar-refractivity contribution in [2.24, 2.45) is 17.8 Å². The van der Waals surface area contributed by atoms with E-state index in [1.807, 2.05) is 0 Å². The van der Waals surface area contributed by atoms with Crippen molar-refractivity contribution in [1.29, 1.82) is 0 Å². The molecule has 12 heavy (non-hydrogen) atoms. The maximum atomic E-state index is 3.86. The Hall–Kier alpha value is -0.780. The molecule has 2 aliphatic rings. The minimum atomic E-state index is 0.663. The topological polar surface area (TPSA) is 0 Å². The van der Waals surface area contributed by atoms with Gasteiger partial charge >= 0.3 is 0 Å². The van der Waals surface area contributed by atoms with Gasteiger partial charge < -0.3 is 0 Å². The Labute approximate surface area is 74.7 Å². The predicted molar refractivity (Wildman–Crippen MR) is 52.8 cm³/mol. The van der Waals surface area contributed by atoms with Crippen LogP contribution in [0.5, 0.6) is 0 Å². The first kappa shape index (κ1) is 7.85. The minimum Gasteiger partial charge on any atom is -0.103 e. The molecule has 0 aromatic rings. The van der Waals surface area contributed by atoms with E-state index < -0.39 is 0 Å². The number of hydrogen-bond acceptors (Lipinski definition) is 0. The van der Waals surface area contributed by atoms with Crippen LogP contribution in [0.2, 0.25) is 0 Å². The van der Waals surface area contributed by atoms with E-state index in [0.29, 0.717) is 5.92 Å². The lowest BCUT2D eigenvalue weighted by Gasteiger charge is -2.06. The van der Waals surface area contributed by atoms with Gasteiger partial charge in [-0.2, -0.15) is 0 Å². The molecule has 3 unspecified atom stereocenters. The quantitative estimate of drug-likeness (QED) is 0.543. The molecule has 64 valence electrons. The third kappa shape index (κ3) is 1.16. The van der Waals surface area contributed by atoms with Crippen LogP contribution < -0.4 is 0 Å². The predicted octanol–water partition coefficient (Wildman–Crippen LogP) is 3.33. The summed E-state index contributed by atoms with van der Waals surface area (Å²) in [6.07, 6.45) is 10.5. The molecule has 0 aliphatic heterocycles. The fourth-order valence-corrected chi connectivity index (χ4v) is 2.54. The first-order chi connectivity index (χ1) is 5.83. The van der Waals surface area contributed by atoms with Gasteiger partial charge in [-0.3, -0.25) is 0 Å². The van der Waals surface area contributed by atoms with Gasteiger partial charge in [0.2, 0.25) is 0 Å². The molecule has 0 N–H and O–H groups in total. The third-order valence-electron chi connectivity index (χ3n) is 3.23. The molecular formula is C12H16. The Kier molecular flexibility index (Phi) is 1.92. The number of hydrogen-bond donors (Lipinski definition) is 0. The van der Waals surface area contributed by atoms with Crippen LogP contribution in [0.3, 0.4) is 0 Å². The molecule has 0 saturated heterocycles. The van der Waals surface area contributed by atoms with Gasteiger partial charge in [0.25, 0.3) is 0 Å². The molecule has 0 heterocycles. The van der Waals surface area contributed by atoms with Crippen LogP contribution >= 0.6 is 0 Å². The average molecular weight is 160 g/mol. The second-order valence-electron chi connectivity index (χ2n) is 4.01. The van der Waals surface area contributed by atoms with Gasteiger partial charge in [0.1, 0.15) is 0 Å². The Morgan fingerprint density at radius 1 is 1.25 bits per heavy atom. The van der Waals surface area contributed by atoms with Crippen molar-refractivity contribution >= 4 is 0 Å². The van der Waals surface area contributed by atoms with Gasteiger partial charge in [0.15, 0.2) is 0 Å². The van der Waals surface area contributed by atoms with Crippen molar-refractivity contribution in [3.8, 4) is 0 Å². The molecule has 0 aromatic heterocycles. The summed E-state index contributed by atoms with van der Waals surface area (Å²) in [6, 6.07) is 0. The summed E-state index contributed by atoms with van der Waals surface area (Å²) in [5, 5.41) is 0. The van der Waals surface area contributed by atoms with Crippen LogP contribution in [-0.4, -0.2) is 0 Å². The Bertz CT molecular complexity index is 234. The highest BCUT2D eigenvalue weighted by Crippen LogP contribution is 2.45. The summed E-state index contributed by atoms with van der Waals surface area (Å²) in [7, 11) is 0. The van der Waals surface area contributed by atoms with Crippen molar-refractivity contribution in [2.75, 3.05) is 0 Å². The van der Waals surface area contributed by atoms with Crippen LogP contribution in [0.4, 0.5) is 0 Å². The van der Waals surface area contributed by atoms with Crippen LogP contribution in [0.15, 0.2) is 37.0 Å². The van der Waals surface area contributed by atoms with E-state index in [1.54, 1.807) is 5.57 Å². The van der Waals surface area contributed by atoms with E-state index in [-0.39, 0.29) is 0 Å². The first-order valence-corrected chi connectivity index (χ1v) is 4.79. The second-order valence-corrected chi connectivity index (χ2v) is 4.01. The highest BCUT2D eigenvalue weighted by molar-refractivity contribution is 5.24. The Morgan fingerprint density at radius 3 is 2.67 bits per heavy atom. The van der Waals surface area contributed by atoms with E-state index in [9.17, 15) is 0 Å². The van der Waals surface area contributed by atoms with Crippen LogP contribution in [-0.2, 0) is 0 Å². The Balaban J connectivity index is 2.09. The van der Waals surface area contributed by atoms with Gasteiger partial charge in [-0.25, -0.2) is 0 Å². The number of allylic oxidation sites excluding steroid dienone is 4. The van der Waals surface area contributed by atoms with Gasteiger partial charge in [-0.15, -0.1) is 13.2 Å². The normalized spacial score (nSPS) is 39.0. The molecule has 2 rings (SSSR count). The van der Waals surface area contributed by atoms with Gasteiger partial charge in [-0.05, 0) is 37.0 Å². The smallest absolute Gasteiger partial charge is 0.00477 e. The largest absolute Gasteiger partial charge is 0.103 e. The summed E-state index contributed by atoms with van der Waals surface area (Å²) in [5.41, 5.74) is 1.67. The molecule has 1 saturated carbocycles. The molecule has 2 aliphatic carbocycles. The number of fused-ring (bicyclic) bond motifs is 1. The zero-order valence-electron chi connectivity index (χ0n) is 7.50. The molecule has 1 fully saturated rings. The zero-order valence-corrected chi connectivity index (χ0v) is 7.50. The molecule has 0 spiro atoms. The van der Waals surface area contributed by atoms with E-state index in [2.05, 4.69) is 31.4 Å². The summed E-state index contributed by atoms with van der Waals surface area (Å²) < 4.78 is 0. The fraction of sp³-hybridized carbons (Fsp3) is 0.500. The van der Waals surface area contributed by atoms with Gasteiger partial charge in [0.05, 0.1) is 0 Å². The molecule has 0 heteroatoms. The lowest BCUT2D eigenvalue weighted by Crippen LogP contribution is -1.96. The van der Waals surface area contributed by atoms with Crippen LogP contribution in [0.25, 0.3) is 0 Å². The minimum absolute atomic E-state index is 0.663.